The van der Waals surface area contributed by atoms with Crippen LogP contribution < -0.4 is 0 Å². The highest BCUT2D eigenvalue weighted by Crippen LogP contribution is 2.58. The first-order valence-corrected chi connectivity index (χ1v) is 8.31. The number of carbonyl (C=O) groups is 2. The van der Waals surface area contributed by atoms with E-state index >= 15 is 0 Å². The Hall–Kier alpha value is -1.17. The van der Waals surface area contributed by atoms with Crippen molar-refractivity contribution in [3.8, 4) is 0 Å². The third-order valence-corrected chi connectivity index (χ3v) is 4.00. The summed E-state index contributed by atoms with van der Waals surface area (Å²) < 4.78 is 32.5. The van der Waals surface area contributed by atoms with Gasteiger partial charge in [0.25, 0.3) is 0 Å². The first kappa shape index (κ1) is 17.9. The van der Waals surface area contributed by atoms with Crippen molar-refractivity contribution >= 4 is 19.5 Å². The minimum Gasteiger partial charge on any atom is -0.461 e. The van der Waals surface area contributed by atoms with Gasteiger partial charge < -0.3 is 9.47 Å². The maximum Gasteiger partial charge on any atom is 0.355 e. The molecule has 0 radical (unpaired) electrons. The van der Waals surface area contributed by atoms with Crippen molar-refractivity contribution in [2.45, 2.75) is 59.0 Å². The molecule has 1 rings (SSSR count). The van der Waals surface area contributed by atoms with E-state index in [9.17, 15) is 14.2 Å². The van der Waals surface area contributed by atoms with Gasteiger partial charge in [0.1, 0.15) is 0 Å². The molecule has 1 aliphatic heterocycles. The normalized spacial score (nSPS) is 24.7. The quantitative estimate of drug-likeness (QED) is 0.567. The predicted molar refractivity (Wildman–Crippen MR) is 74.6 cm³/mol. The highest BCUT2D eigenvalue weighted by Gasteiger charge is 2.52. The van der Waals surface area contributed by atoms with Crippen molar-refractivity contribution < 1.29 is 32.7 Å². The van der Waals surface area contributed by atoms with Gasteiger partial charge >= 0.3 is 19.5 Å². The first-order valence-electron chi connectivity index (χ1n) is 6.70. The molecule has 21 heavy (non-hydrogen) atoms. The van der Waals surface area contributed by atoms with Gasteiger partial charge in [-0.25, -0.2) is 9.59 Å². The van der Waals surface area contributed by atoms with Crippen LogP contribution in [0.3, 0.4) is 0 Å². The van der Waals surface area contributed by atoms with Crippen molar-refractivity contribution in [3.63, 3.8) is 0 Å². The number of esters is 2. The van der Waals surface area contributed by atoms with Gasteiger partial charge in [-0.1, -0.05) is 6.08 Å². The van der Waals surface area contributed by atoms with Gasteiger partial charge in [0, 0.05) is 5.82 Å². The topological polar surface area (TPSA) is 88.1 Å². The minimum atomic E-state index is -3.66. The molecule has 0 aromatic heterocycles. The average molecular weight is 320 g/mol. The summed E-state index contributed by atoms with van der Waals surface area (Å²) in [6, 6.07) is 0. The molecule has 0 spiro atoms. The number of ether oxygens (including phenoxy) is 2. The molecule has 0 aromatic rings. The molecule has 0 unspecified atom stereocenters. The SMILES string of the molecule is C/C=C\P1(=O)O[C@@H](C(=O)OC(C)C)[C@H](C(=O)OC(C)C)O1. The van der Waals surface area contributed by atoms with Gasteiger partial charge in [-0.2, -0.15) is 0 Å². The van der Waals surface area contributed by atoms with Gasteiger partial charge in [-0.3, -0.25) is 13.6 Å². The van der Waals surface area contributed by atoms with E-state index in [-0.39, 0.29) is 0 Å². The molecule has 8 heteroatoms. The fourth-order valence-electron chi connectivity index (χ4n) is 1.64. The summed E-state index contributed by atoms with van der Waals surface area (Å²) >= 11 is 0. The van der Waals surface area contributed by atoms with Gasteiger partial charge in [0.05, 0.1) is 12.2 Å². The Morgan fingerprint density at radius 2 is 1.38 bits per heavy atom. The second kappa shape index (κ2) is 7.20. The molecule has 7 nitrogen and oxygen atoms in total. The summed E-state index contributed by atoms with van der Waals surface area (Å²) in [4.78, 5) is 23.9. The van der Waals surface area contributed by atoms with Crippen LogP contribution in [0, 0.1) is 0 Å². The maximum absolute atomic E-state index is 12.3. The molecular formula is C13H21O7P. The number of hydrogen-bond donors (Lipinski definition) is 0. The third-order valence-electron chi connectivity index (χ3n) is 2.30. The second-order valence-corrected chi connectivity index (χ2v) is 6.84. The lowest BCUT2D eigenvalue weighted by atomic mass is 10.2. The van der Waals surface area contributed by atoms with Crippen LogP contribution >= 0.6 is 7.60 Å². The molecule has 120 valence electrons. The fraction of sp³-hybridized carbons (Fsp3) is 0.692. The van der Waals surface area contributed by atoms with Crippen LogP contribution in [0.5, 0.6) is 0 Å². The Kier molecular flexibility index (Phi) is 6.13. The van der Waals surface area contributed by atoms with E-state index in [1.54, 1.807) is 34.6 Å². The van der Waals surface area contributed by atoms with Crippen LogP contribution in [0.1, 0.15) is 34.6 Å². The van der Waals surface area contributed by atoms with E-state index < -0.39 is 44.0 Å². The standard InChI is InChI=1S/C13H21O7P/c1-6-7-21(16)19-10(12(14)17-8(2)3)11(20-21)13(15)18-9(4)5/h6-11H,1-5H3/b7-6-/t10-,11-/m1/s1. The Morgan fingerprint density at radius 1 is 1.00 bits per heavy atom. The van der Waals surface area contributed by atoms with Crippen LogP contribution in [-0.4, -0.2) is 36.4 Å². The molecule has 0 N–H and O–H groups in total. The second-order valence-electron chi connectivity index (χ2n) is 5.05. The summed E-state index contributed by atoms with van der Waals surface area (Å²) in [5.41, 5.74) is 0. The van der Waals surface area contributed by atoms with Crippen LogP contribution in [-0.2, 0) is 32.7 Å². The van der Waals surface area contributed by atoms with Crippen LogP contribution in [0.4, 0.5) is 0 Å². The molecule has 1 fully saturated rings. The monoisotopic (exact) mass is 320 g/mol. The van der Waals surface area contributed by atoms with Crippen LogP contribution in [0.15, 0.2) is 11.9 Å². The molecule has 2 atom stereocenters. The number of rotatable bonds is 5. The molecule has 0 aliphatic carbocycles. The highest BCUT2D eigenvalue weighted by molar-refractivity contribution is 7.57. The highest BCUT2D eigenvalue weighted by atomic mass is 31.2. The van der Waals surface area contributed by atoms with E-state index in [2.05, 4.69) is 0 Å². The fourth-order valence-corrected chi connectivity index (χ4v) is 3.22. The third kappa shape index (κ3) is 4.95. The summed E-state index contributed by atoms with van der Waals surface area (Å²) in [6.07, 6.45) is -2.14. The van der Waals surface area contributed by atoms with Crippen molar-refractivity contribution in [3.05, 3.63) is 11.9 Å². The van der Waals surface area contributed by atoms with E-state index in [1.165, 1.54) is 11.9 Å². The zero-order valence-electron chi connectivity index (χ0n) is 12.8. The number of carbonyl (C=O) groups excluding carboxylic acids is 2. The molecular weight excluding hydrogens is 299 g/mol. The summed E-state index contributed by atoms with van der Waals surface area (Å²) in [6.45, 7) is 8.23. The Balaban J connectivity index is 2.97. The molecule has 1 heterocycles. The van der Waals surface area contributed by atoms with Gasteiger partial charge in [-0.05, 0) is 34.6 Å². The first-order chi connectivity index (χ1) is 9.68. The summed E-state index contributed by atoms with van der Waals surface area (Å²) in [5, 5.41) is 0. The predicted octanol–water partition coefficient (Wildman–Crippen LogP) is 2.40. The van der Waals surface area contributed by atoms with Gasteiger partial charge in [0.2, 0.25) is 12.2 Å². The molecule has 0 bridgehead atoms. The van der Waals surface area contributed by atoms with E-state index in [1.807, 2.05) is 0 Å². The molecule has 1 aliphatic rings. The minimum absolute atomic E-state index is 0.399. The average Bonchev–Trinajstić information content (AvgIpc) is 2.66. The Labute approximate surface area is 124 Å². The van der Waals surface area contributed by atoms with Crippen molar-refractivity contribution in [2.24, 2.45) is 0 Å². The zero-order valence-corrected chi connectivity index (χ0v) is 13.7. The number of hydrogen-bond acceptors (Lipinski definition) is 7. The largest absolute Gasteiger partial charge is 0.461 e. The van der Waals surface area contributed by atoms with Gasteiger partial charge in [-0.15, -0.1) is 0 Å². The van der Waals surface area contributed by atoms with Crippen molar-refractivity contribution in [2.75, 3.05) is 0 Å². The van der Waals surface area contributed by atoms with E-state index in [0.717, 1.165) is 0 Å². The van der Waals surface area contributed by atoms with E-state index in [4.69, 9.17) is 18.5 Å². The molecule has 0 saturated carbocycles. The zero-order chi connectivity index (χ0) is 16.2. The van der Waals surface area contributed by atoms with E-state index in [0.29, 0.717) is 0 Å². The van der Waals surface area contributed by atoms with Crippen LogP contribution in [0.2, 0.25) is 0 Å². The lowest BCUT2D eigenvalue weighted by Crippen LogP contribution is -2.40. The van der Waals surface area contributed by atoms with Crippen LogP contribution in [0.25, 0.3) is 0 Å². The maximum atomic E-state index is 12.3. The number of allylic oxidation sites excluding steroid dienone is 1. The summed E-state index contributed by atoms with van der Waals surface area (Å²) in [7, 11) is -3.66. The molecule has 1 saturated heterocycles. The van der Waals surface area contributed by atoms with Crippen molar-refractivity contribution in [1.82, 2.24) is 0 Å². The Bertz CT molecular complexity index is 435. The summed E-state index contributed by atoms with van der Waals surface area (Å²) in [5.74, 6) is -0.429. The molecule has 0 amide bonds. The van der Waals surface area contributed by atoms with Crippen molar-refractivity contribution in [1.29, 1.82) is 0 Å². The Morgan fingerprint density at radius 3 is 1.67 bits per heavy atom. The van der Waals surface area contributed by atoms with Gasteiger partial charge in [0.15, 0.2) is 0 Å². The smallest absolute Gasteiger partial charge is 0.355 e. The lowest BCUT2D eigenvalue weighted by Gasteiger charge is -2.17. The lowest BCUT2D eigenvalue weighted by molar-refractivity contribution is -0.167. The molecule has 0 aromatic carbocycles.